The van der Waals surface area contributed by atoms with Gasteiger partial charge in [0.25, 0.3) is 0 Å². The minimum atomic E-state index is 1.09. The van der Waals surface area contributed by atoms with Gasteiger partial charge < -0.3 is 14.4 Å². The summed E-state index contributed by atoms with van der Waals surface area (Å²) in [6.45, 7) is 0. The first-order valence-corrected chi connectivity index (χ1v) is 24.3. The highest BCUT2D eigenvalue weighted by atomic mass is 15.2. The molecular formula is C68H47N3. The standard InChI is InChI=1S/C68H47N3/c1-5-17-48(18-6-1)51-33-40-58(41-34-51)69(59-42-35-52(36-43-59)49-19-7-2-8-20-49)60-44-37-53(38-45-60)50-29-31-54(32-30-50)55-39-46-66-63(47-55)67-61-25-13-15-27-64(61)70(56-21-9-3-10-22-56)65-28-16-14-26-62(65)68(67)71(66)57-23-11-4-12-24-57/h1-47H. The second-order valence-electron chi connectivity index (χ2n) is 18.1. The fraction of sp³-hybridized carbons (Fsp3) is 0. The Bertz CT molecular complexity index is 3720. The van der Waals surface area contributed by atoms with Gasteiger partial charge in [0.15, 0.2) is 0 Å². The van der Waals surface area contributed by atoms with E-state index >= 15 is 0 Å². The Hall–Kier alpha value is -9.44. The highest BCUT2D eigenvalue weighted by Gasteiger charge is 2.31. The summed E-state index contributed by atoms with van der Waals surface area (Å²) in [6, 6.07) is 103. The molecule has 0 aliphatic carbocycles. The van der Waals surface area contributed by atoms with Crippen LogP contribution in [0.3, 0.4) is 0 Å². The van der Waals surface area contributed by atoms with E-state index < -0.39 is 0 Å². The summed E-state index contributed by atoms with van der Waals surface area (Å²) in [5, 5.41) is 1.21. The third-order valence-corrected chi connectivity index (χ3v) is 14.0. The number of aromatic nitrogens is 1. The average molecular weight is 906 g/mol. The molecule has 0 amide bonds. The lowest BCUT2D eigenvalue weighted by molar-refractivity contribution is 1.13. The second-order valence-corrected chi connectivity index (χ2v) is 18.1. The molecule has 0 saturated carbocycles. The van der Waals surface area contributed by atoms with E-state index in [2.05, 4.69) is 299 Å². The zero-order chi connectivity index (χ0) is 47.1. The predicted molar refractivity (Wildman–Crippen MR) is 299 cm³/mol. The van der Waals surface area contributed by atoms with Crippen LogP contribution in [0.4, 0.5) is 34.1 Å². The molecule has 1 aliphatic heterocycles. The fourth-order valence-electron chi connectivity index (χ4n) is 10.5. The van der Waals surface area contributed by atoms with Gasteiger partial charge in [0.2, 0.25) is 0 Å². The van der Waals surface area contributed by atoms with Crippen molar-refractivity contribution in [2.45, 2.75) is 0 Å². The maximum absolute atomic E-state index is 2.46. The average Bonchev–Trinajstić information content (AvgIpc) is 3.73. The number of fused-ring (bicyclic) bond motifs is 7. The quantitative estimate of drug-likeness (QED) is 0.143. The Labute approximate surface area is 415 Å². The second kappa shape index (κ2) is 17.9. The molecule has 11 aromatic carbocycles. The summed E-state index contributed by atoms with van der Waals surface area (Å²) in [5.74, 6) is 0. The van der Waals surface area contributed by atoms with E-state index in [1.807, 2.05) is 0 Å². The van der Waals surface area contributed by atoms with Crippen molar-refractivity contribution < 1.29 is 0 Å². The van der Waals surface area contributed by atoms with Gasteiger partial charge in [-0.15, -0.1) is 0 Å². The molecule has 12 aromatic rings. The molecule has 3 heteroatoms. The van der Waals surface area contributed by atoms with Gasteiger partial charge in [-0.1, -0.05) is 200 Å². The molecule has 3 nitrogen and oxygen atoms in total. The van der Waals surface area contributed by atoms with E-state index in [4.69, 9.17) is 0 Å². The molecule has 0 radical (unpaired) electrons. The van der Waals surface area contributed by atoms with Crippen molar-refractivity contribution in [2.75, 3.05) is 9.80 Å². The van der Waals surface area contributed by atoms with Crippen LogP contribution in [0.2, 0.25) is 0 Å². The summed E-state index contributed by atoms with van der Waals surface area (Å²) in [7, 11) is 0. The number of anilines is 6. The monoisotopic (exact) mass is 905 g/mol. The third kappa shape index (κ3) is 7.58. The van der Waals surface area contributed by atoms with Crippen molar-refractivity contribution in [2.24, 2.45) is 0 Å². The van der Waals surface area contributed by atoms with Crippen molar-refractivity contribution in [3.63, 3.8) is 0 Å². The highest BCUT2D eigenvalue weighted by Crippen LogP contribution is 2.54. The van der Waals surface area contributed by atoms with Gasteiger partial charge in [0.1, 0.15) is 0 Å². The Balaban J connectivity index is 0.872. The Morgan fingerprint density at radius 1 is 0.268 bits per heavy atom. The lowest BCUT2D eigenvalue weighted by Crippen LogP contribution is -2.11. The lowest BCUT2D eigenvalue weighted by Gasteiger charge is -2.27. The van der Waals surface area contributed by atoms with E-state index in [-0.39, 0.29) is 0 Å². The fourth-order valence-corrected chi connectivity index (χ4v) is 10.5. The number of rotatable bonds is 9. The van der Waals surface area contributed by atoms with Crippen molar-refractivity contribution >= 4 is 45.0 Å². The molecule has 71 heavy (non-hydrogen) atoms. The maximum Gasteiger partial charge on any atom is 0.0641 e. The van der Waals surface area contributed by atoms with Crippen LogP contribution in [0.25, 0.3) is 83.5 Å². The van der Waals surface area contributed by atoms with Crippen LogP contribution in [0, 0.1) is 0 Å². The first-order chi connectivity index (χ1) is 35.2. The van der Waals surface area contributed by atoms with E-state index in [0.717, 1.165) is 45.4 Å². The molecule has 1 aromatic heterocycles. The number of hydrogen-bond acceptors (Lipinski definition) is 2. The SMILES string of the molecule is c1ccc(-c2ccc(N(c3ccc(-c4ccccc4)cc3)c3ccc(-c4ccc(-c5ccc6c(c5)c5c(n6-c6ccccc6)-c6ccccc6N(c6ccccc6)c6ccccc6-5)cc4)cc3)cc2)cc1. The number of benzene rings is 11. The van der Waals surface area contributed by atoms with Crippen LogP contribution in [-0.4, -0.2) is 4.57 Å². The molecule has 2 heterocycles. The molecule has 0 unspecified atom stereocenters. The van der Waals surface area contributed by atoms with Gasteiger partial charge in [0, 0.05) is 50.5 Å². The Morgan fingerprint density at radius 2 is 0.620 bits per heavy atom. The maximum atomic E-state index is 2.46. The summed E-state index contributed by atoms with van der Waals surface area (Å²) < 4.78 is 2.46. The smallest absolute Gasteiger partial charge is 0.0641 e. The highest BCUT2D eigenvalue weighted by molar-refractivity contribution is 6.13. The molecular weight excluding hydrogens is 859 g/mol. The van der Waals surface area contributed by atoms with Crippen molar-refractivity contribution in [1.82, 2.24) is 4.57 Å². The predicted octanol–water partition coefficient (Wildman–Crippen LogP) is 18.9. The third-order valence-electron chi connectivity index (χ3n) is 14.0. The Morgan fingerprint density at radius 3 is 1.11 bits per heavy atom. The summed E-state index contributed by atoms with van der Waals surface area (Å²) in [4.78, 5) is 4.76. The number of hydrogen-bond donors (Lipinski definition) is 0. The van der Waals surface area contributed by atoms with Crippen molar-refractivity contribution in [1.29, 1.82) is 0 Å². The molecule has 0 saturated heterocycles. The molecule has 1 aliphatic rings. The topological polar surface area (TPSA) is 11.4 Å². The van der Waals surface area contributed by atoms with Crippen LogP contribution >= 0.6 is 0 Å². The summed E-state index contributed by atoms with van der Waals surface area (Å²) in [6.07, 6.45) is 0. The normalized spacial score (nSPS) is 11.6. The van der Waals surface area contributed by atoms with Crippen LogP contribution in [-0.2, 0) is 0 Å². The first kappa shape index (κ1) is 41.7. The lowest BCUT2D eigenvalue weighted by atomic mass is 9.95. The minimum absolute atomic E-state index is 1.09. The zero-order valence-corrected chi connectivity index (χ0v) is 39.0. The first-order valence-electron chi connectivity index (χ1n) is 24.3. The van der Waals surface area contributed by atoms with Gasteiger partial charge in [-0.25, -0.2) is 0 Å². The van der Waals surface area contributed by atoms with Crippen molar-refractivity contribution in [3.05, 3.63) is 285 Å². The van der Waals surface area contributed by atoms with E-state index in [9.17, 15) is 0 Å². The van der Waals surface area contributed by atoms with Crippen LogP contribution < -0.4 is 9.80 Å². The minimum Gasteiger partial charge on any atom is -0.311 e. The molecule has 0 atom stereocenters. The molecule has 13 rings (SSSR count). The van der Waals surface area contributed by atoms with Gasteiger partial charge in [-0.3, -0.25) is 0 Å². The molecule has 0 N–H and O–H groups in total. The largest absolute Gasteiger partial charge is 0.311 e. The molecule has 0 bridgehead atoms. The number of nitrogens with zero attached hydrogens (tertiary/aromatic N) is 3. The van der Waals surface area contributed by atoms with Gasteiger partial charge >= 0.3 is 0 Å². The van der Waals surface area contributed by atoms with Gasteiger partial charge in [-0.2, -0.15) is 0 Å². The molecule has 0 spiro atoms. The summed E-state index contributed by atoms with van der Waals surface area (Å²) >= 11 is 0. The molecule has 0 fully saturated rings. The van der Waals surface area contributed by atoms with Crippen LogP contribution in [0.15, 0.2) is 285 Å². The Kier molecular flexibility index (Phi) is 10.5. The van der Waals surface area contributed by atoms with Crippen LogP contribution in [0.1, 0.15) is 0 Å². The van der Waals surface area contributed by atoms with E-state index in [1.54, 1.807) is 0 Å². The van der Waals surface area contributed by atoms with E-state index in [1.165, 1.54) is 72.2 Å². The van der Waals surface area contributed by atoms with E-state index in [0.29, 0.717) is 0 Å². The van der Waals surface area contributed by atoms with Crippen molar-refractivity contribution in [3.8, 4) is 72.6 Å². The molecule has 334 valence electrons. The van der Waals surface area contributed by atoms with Gasteiger partial charge in [0.05, 0.1) is 22.6 Å². The zero-order valence-electron chi connectivity index (χ0n) is 39.0. The number of para-hydroxylation sites is 4. The van der Waals surface area contributed by atoms with Gasteiger partial charge in [-0.05, 0) is 129 Å². The summed E-state index contributed by atoms with van der Waals surface area (Å²) in [5.41, 5.74) is 23.3. The van der Waals surface area contributed by atoms with Crippen LogP contribution in [0.5, 0.6) is 0 Å².